The topological polar surface area (TPSA) is 35.5 Å². The third-order valence-electron chi connectivity index (χ3n) is 4.14. The van der Waals surface area contributed by atoms with Crippen LogP contribution in [0.5, 0.6) is 11.5 Å². The minimum atomic E-state index is -2.24. The van der Waals surface area contributed by atoms with E-state index in [4.69, 9.17) is 9.47 Å². The number of benzene rings is 2. The van der Waals surface area contributed by atoms with Crippen LogP contribution in [-0.2, 0) is 6.61 Å². The van der Waals surface area contributed by atoms with E-state index in [0.717, 1.165) is 4.88 Å². The number of halogens is 5. The molecule has 1 aliphatic heterocycles. The fraction of sp³-hybridized carbons (Fsp3) is 0.0500. The van der Waals surface area contributed by atoms with Crippen molar-refractivity contribution < 1.29 is 36.2 Å². The number of hydrogen-bond donors (Lipinski definition) is 0. The molecule has 0 saturated heterocycles. The van der Waals surface area contributed by atoms with Crippen LogP contribution in [-0.4, -0.2) is 5.78 Å². The maximum Gasteiger partial charge on any atom is 0.232 e. The Morgan fingerprint density at radius 3 is 2.31 bits per heavy atom. The molecule has 0 saturated carbocycles. The van der Waals surface area contributed by atoms with Crippen molar-refractivity contribution in [2.45, 2.75) is 6.61 Å². The summed E-state index contributed by atoms with van der Waals surface area (Å²) in [7, 11) is 0. The Labute approximate surface area is 164 Å². The van der Waals surface area contributed by atoms with Crippen LogP contribution in [0.4, 0.5) is 22.0 Å². The monoisotopic (exact) mass is 424 g/mol. The lowest BCUT2D eigenvalue weighted by molar-refractivity contribution is 0.101. The van der Waals surface area contributed by atoms with Crippen LogP contribution in [0.15, 0.2) is 41.5 Å². The lowest BCUT2D eigenvalue weighted by atomic mass is 10.1. The lowest BCUT2D eigenvalue weighted by Gasteiger charge is -2.10. The molecule has 0 radical (unpaired) electrons. The van der Waals surface area contributed by atoms with Crippen LogP contribution >= 0.6 is 11.3 Å². The van der Waals surface area contributed by atoms with Gasteiger partial charge in [-0.25, -0.2) is 22.0 Å². The molecule has 0 fully saturated rings. The zero-order valence-electron chi connectivity index (χ0n) is 14.3. The summed E-state index contributed by atoms with van der Waals surface area (Å²) < 4.78 is 77.8. The number of allylic oxidation sites excluding steroid dienone is 1. The van der Waals surface area contributed by atoms with Crippen LogP contribution in [0, 0.1) is 29.1 Å². The quantitative estimate of drug-likeness (QED) is 0.235. The van der Waals surface area contributed by atoms with Gasteiger partial charge < -0.3 is 9.47 Å². The molecule has 3 nitrogen and oxygen atoms in total. The Hall–Kier alpha value is -3.20. The highest BCUT2D eigenvalue weighted by atomic mass is 32.1. The van der Waals surface area contributed by atoms with E-state index in [1.165, 1.54) is 29.5 Å². The van der Waals surface area contributed by atoms with E-state index in [9.17, 15) is 26.7 Å². The van der Waals surface area contributed by atoms with Crippen LogP contribution in [0.1, 0.15) is 20.8 Å². The molecule has 3 aromatic rings. The highest BCUT2D eigenvalue weighted by Crippen LogP contribution is 2.35. The van der Waals surface area contributed by atoms with Gasteiger partial charge in [0.25, 0.3) is 0 Å². The van der Waals surface area contributed by atoms with Crippen molar-refractivity contribution in [3.8, 4) is 11.5 Å². The van der Waals surface area contributed by atoms with E-state index in [1.807, 2.05) is 11.4 Å². The molecule has 9 heteroatoms. The smallest absolute Gasteiger partial charge is 0.232 e. The molecule has 148 valence electrons. The molecule has 4 rings (SSSR count). The van der Waals surface area contributed by atoms with Gasteiger partial charge in [0.05, 0.1) is 11.1 Å². The standard InChI is InChI=1S/C20H9F5O3S/c21-15-12(16(22)18(24)19(25)17(15)23)8-27-9-3-4-11-13(6-9)28-14(20(11)26)7-10-2-1-5-29-10/h1-7H,8H2. The minimum Gasteiger partial charge on any atom is -0.489 e. The fourth-order valence-electron chi connectivity index (χ4n) is 2.69. The van der Waals surface area contributed by atoms with Crippen LogP contribution in [0.3, 0.4) is 0 Å². The Bertz CT molecular complexity index is 1130. The lowest BCUT2D eigenvalue weighted by Crippen LogP contribution is -2.09. The number of ether oxygens (including phenoxy) is 2. The summed E-state index contributed by atoms with van der Waals surface area (Å²) in [6.07, 6.45) is 1.57. The van der Waals surface area contributed by atoms with Gasteiger partial charge in [-0.3, -0.25) is 4.79 Å². The van der Waals surface area contributed by atoms with Gasteiger partial charge in [-0.2, -0.15) is 0 Å². The molecule has 0 N–H and O–H groups in total. The van der Waals surface area contributed by atoms with Gasteiger partial charge in [-0.1, -0.05) is 6.07 Å². The number of carbonyl (C=O) groups excluding carboxylic acids is 1. The molecule has 0 spiro atoms. The van der Waals surface area contributed by atoms with Crippen molar-refractivity contribution in [3.63, 3.8) is 0 Å². The molecule has 2 aromatic carbocycles. The van der Waals surface area contributed by atoms with Crippen LogP contribution < -0.4 is 9.47 Å². The summed E-state index contributed by atoms with van der Waals surface area (Å²) in [5, 5.41) is 1.84. The molecule has 0 aliphatic carbocycles. The molecule has 2 heterocycles. The van der Waals surface area contributed by atoms with Crippen LogP contribution in [0.25, 0.3) is 6.08 Å². The molecular weight excluding hydrogens is 415 g/mol. The van der Waals surface area contributed by atoms with Gasteiger partial charge in [0, 0.05) is 17.0 Å². The van der Waals surface area contributed by atoms with E-state index in [1.54, 1.807) is 12.1 Å². The van der Waals surface area contributed by atoms with Gasteiger partial charge >= 0.3 is 0 Å². The fourth-order valence-corrected chi connectivity index (χ4v) is 3.34. The maximum absolute atomic E-state index is 13.7. The third-order valence-corrected chi connectivity index (χ3v) is 4.96. The minimum absolute atomic E-state index is 0.0258. The van der Waals surface area contributed by atoms with E-state index in [2.05, 4.69) is 0 Å². The number of ketones is 1. The third kappa shape index (κ3) is 3.38. The summed E-state index contributed by atoms with van der Waals surface area (Å²) in [5.74, 6) is -10.3. The highest BCUT2D eigenvalue weighted by Gasteiger charge is 2.29. The average molecular weight is 424 g/mol. The van der Waals surface area contributed by atoms with Gasteiger partial charge in [0.2, 0.25) is 11.6 Å². The van der Waals surface area contributed by atoms with E-state index in [0.29, 0.717) is 0 Å². The van der Waals surface area contributed by atoms with Crippen molar-refractivity contribution in [2.75, 3.05) is 0 Å². The van der Waals surface area contributed by atoms with Crippen molar-refractivity contribution in [3.05, 3.63) is 86.6 Å². The summed E-state index contributed by atoms with van der Waals surface area (Å²) >= 11 is 1.41. The zero-order valence-corrected chi connectivity index (χ0v) is 15.1. The molecular formula is C20H9F5O3S. The molecule has 1 aliphatic rings. The Balaban J connectivity index is 1.56. The number of Topliss-reactive ketones (excluding diaryl/α,β-unsaturated/α-hetero) is 1. The summed E-state index contributed by atoms with van der Waals surface area (Å²) in [6, 6.07) is 7.64. The van der Waals surface area contributed by atoms with E-state index < -0.39 is 41.3 Å². The van der Waals surface area contributed by atoms with E-state index >= 15 is 0 Å². The number of hydrogen-bond acceptors (Lipinski definition) is 4. The predicted molar refractivity (Wildman–Crippen MR) is 94.3 cm³/mol. The van der Waals surface area contributed by atoms with Crippen molar-refractivity contribution in [1.82, 2.24) is 0 Å². The second-order valence-corrected chi connectivity index (χ2v) is 6.93. The summed E-state index contributed by atoms with van der Waals surface area (Å²) in [4.78, 5) is 13.2. The predicted octanol–water partition coefficient (Wildman–Crippen LogP) is 5.64. The first kappa shape index (κ1) is 19.1. The zero-order chi connectivity index (χ0) is 20.7. The van der Waals surface area contributed by atoms with Gasteiger partial charge in [0.15, 0.2) is 29.0 Å². The number of thiophene rings is 1. The molecule has 29 heavy (non-hydrogen) atoms. The molecule has 1 aromatic heterocycles. The van der Waals surface area contributed by atoms with Crippen molar-refractivity contribution in [2.24, 2.45) is 0 Å². The number of rotatable bonds is 4. The van der Waals surface area contributed by atoms with E-state index in [-0.39, 0.29) is 28.6 Å². The first-order valence-corrected chi connectivity index (χ1v) is 8.99. The second kappa shape index (κ2) is 7.32. The Kier molecular flexibility index (Phi) is 4.83. The normalized spacial score (nSPS) is 14.2. The summed E-state index contributed by atoms with van der Waals surface area (Å²) in [5.41, 5.74) is -0.839. The number of fused-ring (bicyclic) bond motifs is 1. The Morgan fingerprint density at radius 1 is 0.966 bits per heavy atom. The van der Waals surface area contributed by atoms with Crippen LogP contribution in [0.2, 0.25) is 0 Å². The largest absolute Gasteiger partial charge is 0.489 e. The molecule has 0 unspecified atom stereocenters. The van der Waals surface area contributed by atoms with Crippen molar-refractivity contribution in [1.29, 1.82) is 0 Å². The summed E-state index contributed by atoms with van der Waals surface area (Å²) in [6.45, 7) is -0.906. The SMILES string of the molecule is O=C1C(=Cc2cccs2)Oc2cc(OCc3c(F)c(F)c(F)c(F)c3F)ccc21. The second-order valence-electron chi connectivity index (χ2n) is 5.95. The molecule has 0 amide bonds. The van der Waals surface area contributed by atoms with Gasteiger partial charge in [-0.05, 0) is 23.6 Å². The number of carbonyl (C=O) groups is 1. The average Bonchev–Trinajstić information content (AvgIpc) is 3.33. The first-order valence-electron chi connectivity index (χ1n) is 8.11. The molecule has 0 atom stereocenters. The highest BCUT2D eigenvalue weighted by molar-refractivity contribution is 7.10. The van der Waals surface area contributed by atoms with Gasteiger partial charge in [0.1, 0.15) is 18.1 Å². The molecule has 0 bridgehead atoms. The Morgan fingerprint density at radius 2 is 1.66 bits per heavy atom. The maximum atomic E-state index is 13.7. The van der Waals surface area contributed by atoms with Crippen molar-refractivity contribution >= 4 is 23.2 Å². The first-order chi connectivity index (χ1) is 13.9. The van der Waals surface area contributed by atoms with Gasteiger partial charge in [-0.15, -0.1) is 11.3 Å².